The predicted octanol–water partition coefficient (Wildman–Crippen LogP) is 4.79. The van der Waals surface area contributed by atoms with Crippen LogP contribution < -0.4 is 4.90 Å². The molecule has 22 heavy (non-hydrogen) atoms. The van der Waals surface area contributed by atoms with Crippen molar-refractivity contribution >= 4 is 23.2 Å². The zero-order valence-corrected chi connectivity index (χ0v) is 14.2. The lowest BCUT2D eigenvalue weighted by Crippen LogP contribution is -2.29. The van der Waals surface area contributed by atoms with E-state index < -0.39 is 0 Å². The molecule has 2 rings (SSSR count). The molecule has 4 heteroatoms. The van der Waals surface area contributed by atoms with E-state index in [2.05, 4.69) is 29.2 Å². The fraction of sp³-hybridized carbons (Fsp3) is 0.611. The first-order valence-electron chi connectivity index (χ1n) is 8.38. The number of anilines is 1. The Morgan fingerprint density at radius 3 is 2.50 bits per heavy atom. The number of halogens is 1. The third-order valence-electron chi connectivity index (χ3n) is 4.26. The van der Waals surface area contributed by atoms with Crippen molar-refractivity contribution in [2.24, 2.45) is 0 Å². The van der Waals surface area contributed by atoms with Gasteiger partial charge < -0.3 is 9.64 Å². The summed E-state index contributed by atoms with van der Waals surface area (Å²) in [4.78, 5) is 2.45. The van der Waals surface area contributed by atoms with Crippen molar-refractivity contribution in [3.63, 3.8) is 0 Å². The van der Waals surface area contributed by atoms with E-state index in [1.54, 1.807) is 0 Å². The van der Waals surface area contributed by atoms with Gasteiger partial charge in [0.1, 0.15) is 0 Å². The number of hydrogen-bond acceptors (Lipinski definition) is 3. The summed E-state index contributed by atoms with van der Waals surface area (Å²) in [6.45, 7) is 4.78. The normalized spacial score (nSPS) is 16.4. The van der Waals surface area contributed by atoms with Gasteiger partial charge in [0, 0.05) is 24.7 Å². The van der Waals surface area contributed by atoms with Gasteiger partial charge >= 0.3 is 0 Å². The minimum atomic E-state index is 0.0223. The summed E-state index contributed by atoms with van der Waals surface area (Å²) in [5.41, 5.74) is 2.45. The van der Waals surface area contributed by atoms with Crippen LogP contribution in [0.2, 0.25) is 0 Å². The first kappa shape index (κ1) is 17.1. The van der Waals surface area contributed by atoms with Gasteiger partial charge in [0.05, 0.1) is 12.5 Å². The van der Waals surface area contributed by atoms with Crippen molar-refractivity contribution in [2.75, 3.05) is 30.5 Å². The number of benzene rings is 1. The molecule has 0 aliphatic carbocycles. The molecule has 1 fully saturated rings. The molecule has 0 bridgehead atoms. The van der Waals surface area contributed by atoms with Gasteiger partial charge in [-0.05, 0) is 56.7 Å². The topological polar surface area (TPSA) is 36.3 Å². The molecule has 1 N–H and O–H groups in total. The zero-order valence-electron chi connectivity index (χ0n) is 13.5. The van der Waals surface area contributed by atoms with E-state index in [1.807, 2.05) is 6.92 Å². The number of nitrogens with one attached hydrogen (secondary N) is 1. The molecule has 1 heterocycles. The van der Waals surface area contributed by atoms with Crippen LogP contribution in [0.5, 0.6) is 0 Å². The van der Waals surface area contributed by atoms with Gasteiger partial charge in [0.2, 0.25) is 0 Å². The Bertz CT molecular complexity index is 455. The van der Waals surface area contributed by atoms with E-state index in [1.165, 1.54) is 24.9 Å². The largest absolute Gasteiger partial charge is 0.481 e. The van der Waals surface area contributed by atoms with E-state index in [9.17, 15) is 0 Å². The highest BCUT2D eigenvalue weighted by atomic mass is 35.5. The van der Waals surface area contributed by atoms with Gasteiger partial charge in [-0.2, -0.15) is 0 Å². The highest BCUT2D eigenvalue weighted by molar-refractivity contribution is 6.17. The number of hydrogen-bond donors (Lipinski definition) is 1. The summed E-state index contributed by atoms with van der Waals surface area (Å²) < 4.78 is 5.43. The summed E-state index contributed by atoms with van der Waals surface area (Å²) in [5.74, 6) is 1.01. The van der Waals surface area contributed by atoms with Crippen molar-refractivity contribution in [2.45, 2.75) is 44.9 Å². The summed E-state index contributed by atoms with van der Waals surface area (Å²) in [6, 6.07) is 8.67. The molecular weight excluding hydrogens is 296 g/mol. The smallest absolute Gasteiger partial charge is 0.188 e. The van der Waals surface area contributed by atoms with Gasteiger partial charge in [-0.25, -0.2) is 0 Å². The summed E-state index contributed by atoms with van der Waals surface area (Å²) in [6.07, 6.45) is 5.69. The SMILES string of the molecule is CCOC(=N)C(CCCCl)c1ccc(N2CCCCC2)cc1. The molecule has 0 spiro atoms. The van der Waals surface area contributed by atoms with E-state index in [4.69, 9.17) is 21.7 Å². The van der Waals surface area contributed by atoms with Crippen molar-refractivity contribution in [3.05, 3.63) is 29.8 Å². The summed E-state index contributed by atoms with van der Waals surface area (Å²) >= 11 is 5.82. The summed E-state index contributed by atoms with van der Waals surface area (Å²) in [5, 5.41) is 8.14. The van der Waals surface area contributed by atoms with Crippen LogP contribution in [-0.2, 0) is 4.74 Å². The molecule has 1 aromatic rings. The quantitative estimate of drug-likeness (QED) is 0.445. The maximum absolute atomic E-state index is 8.14. The molecule has 1 aliphatic rings. The third kappa shape index (κ3) is 4.64. The molecule has 1 aliphatic heterocycles. The second kappa shape index (κ2) is 9.04. The Kier molecular flexibility index (Phi) is 7.04. The average Bonchev–Trinajstić information content (AvgIpc) is 2.57. The van der Waals surface area contributed by atoms with Crippen molar-refractivity contribution < 1.29 is 4.74 Å². The Hall–Kier alpha value is -1.22. The Morgan fingerprint density at radius 2 is 1.91 bits per heavy atom. The zero-order chi connectivity index (χ0) is 15.8. The molecular formula is C18H27ClN2O. The van der Waals surface area contributed by atoms with Crippen molar-refractivity contribution in [1.82, 2.24) is 0 Å². The monoisotopic (exact) mass is 322 g/mol. The van der Waals surface area contributed by atoms with Gasteiger partial charge in [-0.3, -0.25) is 5.41 Å². The van der Waals surface area contributed by atoms with Crippen LogP contribution in [-0.4, -0.2) is 31.5 Å². The van der Waals surface area contributed by atoms with Gasteiger partial charge in [-0.1, -0.05) is 12.1 Å². The molecule has 1 unspecified atom stereocenters. The fourth-order valence-electron chi connectivity index (χ4n) is 3.06. The van der Waals surface area contributed by atoms with E-state index >= 15 is 0 Å². The summed E-state index contributed by atoms with van der Waals surface area (Å²) in [7, 11) is 0. The van der Waals surface area contributed by atoms with Crippen LogP contribution >= 0.6 is 11.6 Å². The van der Waals surface area contributed by atoms with Gasteiger partial charge in [-0.15, -0.1) is 11.6 Å². The first-order chi connectivity index (χ1) is 10.8. The van der Waals surface area contributed by atoms with Crippen molar-refractivity contribution in [3.8, 4) is 0 Å². The number of rotatable bonds is 7. The molecule has 0 radical (unpaired) electrons. The standard InChI is InChI=1S/C18H27ClN2O/c1-2-22-18(20)17(7-6-12-19)15-8-10-16(11-9-15)21-13-4-3-5-14-21/h8-11,17,20H,2-7,12-14H2,1H3. The average molecular weight is 323 g/mol. The second-order valence-corrected chi connectivity index (χ2v) is 6.20. The maximum Gasteiger partial charge on any atom is 0.188 e. The maximum atomic E-state index is 8.14. The number of piperidine rings is 1. The lowest BCUT2D eigenvalue weighted by Gasteiger charge is -2.29. The number of ether oxygens (including phenoxy) is 1. The lowest BCUT2D eigenvalue weighted by atomic mass is 9.94. The molecule has 122 valence electrons. The molecule has 0 amide bonds. The lowest BCUT2D eigenvalue weighted by molar-refractivity contribution is 0.305. The second-order valence-electron chi connectivity index (χ2n) is 5.82. The Balaban J connectivity index is 2.08. The van der Waals surface area contributed by atoms with Crippen LogP contribution in [0.15, 0.2) is 24.3 Å². The molecule has 0 aromatic heterocycles. The van der Waals surface area contributed by atoms with Crippen LogP contribution in [0.1, 0.15) is 50.5 Å². The van der Waals surface area contributed by atoms with Crippen LogP contribution in [0, 0.1) is 5.41 Å². The Morgan fingerprint density at radius 1 is 1.23 bits per heavy atom. The molecule has 1 saturated heterocycles. The van der Waals surface area contributed by atoms with Gasteiger partial charge in [0.25, 0.3) is 0 Å². The molecule has 1 aromatic carbocycles. The first-order valence-corrected chi connectivity index (χ1v) is 8.91. The Labute approximate surface area is 139 Å². The van der Waals surface area contributed by atoms with Gasteiger partial charge in [0.15, 0.2) is 5.90 Å². The number of nitrogens with zero attached hydrogens (tertiary/aromatic N) is 1. The van der Waals surface area contributed by atoms with Crippen LogP contribution in [0.3, 0.4) is 0 Å². The molecule has 3 nitrogen and oxygen atoms in total. The minimum Gasteiger partial charge on any atom is -0.481 e. The van der Waals surface area contributed by atoms with E-state index in [0.29, 0.717) is 18.4 Å². The number of alkyl halides is 1. The van der Waals surface area contributed by atoms with Crippen LogP contribution in [0.4, 0.5) is 5.69 Å². The van der Waals surface area contributed by atoms with E-state index in [-0.39, 0.29) is 5.92 Å². The molecule has 1 atom stereocenters. The minimum absolute atomic E-state index is 0.0223. The highest BCUT2D eigenvalue weighted by Crippen LogP contribution is 2.27. The predicted molar refractivity (Wildman–Crippen MR) is 94.6 cm³/mol. The van der Waals surface area contributed by atoms with E-state index in [0.717, 1.165) is 31.5 Å². The molecule has 0 saturated carbocycles. The third-order valence-corrected chi connectivity index (χ3v) is 4.53. The fourth-order valence-corrected chi connectivity index (χ4v) is 3.21. The van der Waals surface area contributed by atoms with Crippen LogP contribution in [0.25, 0.3) is 0 Å². The highest BCUT2D eigenvalue weighted by Gasteiger charge is 2.19. The van der Waals surface area contributed by atoms with Crippen molar-refractivity contribution in [1.29, 1.82) is 5.41 Å².